The Hall–Kier alpha value is -3.64. The van der Waals surface area contributed by atoms with Crippen LogP contribution in [0.3, 0.4) is 0 Å². The number of para-hydroxylation sites is 1. The lowest BCUT2D eigenvalue weighted by Gasteiger charge is -2.27. The predicted octanol–water partition coefficient (Wildman–Crippen LogP) is 7.59. The Morgan fingerprint density at radius 1 is 0.909 bits per heavy atom. The van der Waals surface area contributed by atoms with Crippen molar-refractivity contribution >= 4 is 38.5 Å². The van der Waals surface area contributed by atoms with E-state index in [4.69, 9.17) is 5.10 Å². The Morgan fingerprint density at radius 2 is 1.67 bits per heavy atom. The average Bonchev–Trinajstić information content (AvgIpc) is 3.45. The minimum absolute atomic E-state index is 0.0406. The van der Waals surface area contributed by atoms with Gasteiger partial charge in [-0.3, -0.25) is 0 Å². The molecule has 0 bridgehead atoms. The lowest BCUT2D eigenvalue weighted by atomic mass is 9.78. The van der Waals surface area contributed by atoms with E-state index in [1.54, 1.807) is 11.3 Å². The van der Waals surface area contributed by atoms with E-state index in [0.717, 1.165) is 35.2 Å². The van der Waals surface area contributed by atoms with Gasteiger partial charge in [0.25, 0.3) is 0 Å². The number of hydrazone groups is 1. The van der Waals surface area contributed by atoms with Crippen molar-refractivity contribution < 1.29 is 0 Å². The third kappa shape index (κ3) is 3.98. The molecule has 0 spiro atoms. The van der Waals surface area contributed by atoms with Gasteiger partial charge in [-0.2, -0.15) is 10.2 Å². The summed E-state index contributed by atoms with van der Waals surface area (Å²) in [6.45, 7) is 0. The largest absolute Gasteiger partial charge is 0.232 e. The summed E-state index contributed by atoms with van der Waals surface area (Å²) in [5.41, 5.74) is 5.82. The van der Waals surface area contributed by atoms with E-state index in [-0.39, 0.29) is 6.04 Å². The molecule has 1 aliphatic heterocycles. The van der Waals surface area contributed by atoms with Crippen molar-refractivity contribution in [3.8, 4) is 0 Å². The summed E-state index contributed by atoms with van der Waals surface area (Å²) < 4.78 is 1.11. The number of aromatic nitrogens is 1. The molecule has 33 heavy (non-hydrogen) atoms. The number of thiazole rings is 1. The highest BCUT2D eigenvalue weighted by atomic mass is 32.1. The minimum Gasteiger partial charge on any atom is -0.217 e. The normalized spacial score (nSPS) is 21.6. The summed E-state index contributed by atoms with van der Waals surface area (Å²) in [6.07, 6.45) is 5.56. The van der Waals surface area contributed by atoms with Gasteiger partial charge in [-0.15, -0.1) is 0 Å². The summed E-state index contributed by atoms with van der Waals surface area (Å²) in [4.78, 5) is 4.60. The van der Waals surface area contributed by atoms with Gasteiger partial charge in [-0.25, -0.2) is 4.98 Å². The molecule has 1 aromatic heterocycles. The van der Waals surface area contributed by atoms with E-state index >= 15 is 0 Å². The van der Waals surface area contributed by atoms with E-state index < -0.39 is 0 Å². The SMILES string of the molecule is C(=C1/CCC[C@H]2C1=NN(/N=N/c1nc3ccccc3s1)[C@@H]2c1ccccc1)/c1ccccc1. The van der Waals surface area contributed by atoms with Crippen molar-refractivity contribution in [3.63, 3.8) is 0 Å². The molecule has 6 heteroatoms. The maximum Gasteiger partial charge on any atom is 0.232 e. The van der Waals surface area contributed by atoms with Crippen LogP contribution in [0, 0.1) is 5.92 Å². The molecule has 5 nitrogen and oxygen atoms in total. The maximum absolute atomic E-state index is 5.01. The van der Waals surface area contributed by atoms with Gasteiger partial charge < -0.3 is 0 Å². The number of hydrogen-bond donors (Lipinski definition) is 0. The van der Waals surface area contributed by atoms with E-state index in [1.165, 1.54) is 16.7 Å². The maximum atomic E-state index is 5.01. The summed E-state index contributed by atoms with van der Waals surface area (Å²) >= 11 is 1.55. The van der Waals surface area contributed by atoms with Crippen LogP contribution in [-0.4, -0.2) is 15.8 Å². The third-order valence-electron chi connectivity index (χ3n) is 6.27. The highest BCUT2D eigenvalue weighted by Crippen LogP contribution is 2.44. The number of rotatable bonds is 4. The van der Waals surface area contributed by atoms with Gasteiger partial charge in [0.2, 0.25) is 5.13 Å². The first-order valence-corrected chi connectivity index (χ1v) is 12.1. The number of nitrogens with zero attached hydrogens (tertiary/aromatic N) is 5. The van der Waals surface area contributed by atoms with Crippen LogP contribution >= 0.6 is 11.3 Å². The molecule has 162 valence electrons. The van der Waals surface area contributed by atoms with Crippen molar-refractivity contribution in [2.24, 2.45) is 21.4 Å². The number of hydrogen-bond acceptors (Lipinski definition) is 5. The van der Waals surface area contributed by atoms with Gasteiger partial charge in [0.05, 0.1) is 15.9 Å². The van der Waals surface area contributed by atoms with Gasteiger partial charge in [0.15, 0.2) is 0 Å². The molecule has 2 heterocycles. The van der Waals surface area contributed by atoms with Crippen LogP contribution in [0.4, 0.5) is 5.13 Å². The smallest absolute Gasteiger partial charge is 0.217 e. The highest BCUT2D eigenvalue weighted by Gasteiger charge is 2.41. The number of benzene rings is 3. The second-order valence-corrected chi connectivity index (χ2v) is 9.40. The monoisotopic (exact) mass is 449 g/mol. The fraction of sp³-hybridized carbons (Fsp3) is 0.185. The Labute approximate surface area is 196 Å². The van der Waals surface area contributed by atoms with Crippen LogP contribution in [0.5, 0.6) is 0 Å². The molecule has 6 rings (SSSR count). The Bertz CT molecular complexity index is 1320. The average molecular weight is 450 g/mol. The van der Waals surface area contributed by atoms with Crippen molar-refractivity contribution in [3.05, 3.63) is 102 Å². The van der Waals surface area contributed by atoms with E-state index in [9.17, 15) is 0 Å². The molecule has 0 amide bonds. The van der Waals surface area contributed by atoms with Crippen LogP contribution in [0.15, 0.2) is 106 Å². The second kappa shape index (κ2) is 8.71. The van der Waals surface area contributed by atoms with E-state index in [2.05, 4.69) is 82.1 Å². The number of fused-ring (bicyclic) bond motifs is 2. The standard InChI is InChI=1S/C27H23N5S/c1-3-10-19(11-4-1)18-21-14-9-15-22-25(21)30-32(26(22)20-12-5-2-6-13-20)31-29-27-28-23-16-7-8-17-24(23)33-27/h1-8,10-13,16-18,22,26H,9,14-15H2/b21-18+,31-29+/t22-,26+/m0/s1. The van der Waals surface area contributed by atoms with Gasteiger partial charge in [0.1, 0.15) is 6.04 Å². The third-order valence-corrected chi connectivity index (χ3v) is 7.19. The van der Waals surface area contributed by atoms with Crippen LogP contribution in [0.1, 0.15) is 36.4 Å². The van der Waals surface area contributed by atoms with Crippen LogP contribution < -0.4 is 0 Å². The van der Waals surface area contributed by atoms with Crippen LogP contribution in [0.25, 0.3) is 16.3 Å². The molecule has 2 aliphatic rings. The van der Waals surface area contributed by atoms with Crippen molar-refractivity contribution in [1.29, 1.82) is 0 Å². The Morgan fingerprint density at radius 3 is 2.48 bits per heavy atom. The van der Waals surface area contributed by atoms with Gasteiger partial charge in [-0.1, -0.05) is 89.2 Å². The second-order valence-electron chi connectivity index (χ2n) is 8.39. The lowest BCUT2D eigenvalue weighted by molar-refractivity contribution is 0.192. The minimum atomic E-state index is 0.0406. The zero-order valence-electron chi connectivity index (χ0n) is 18.1. The van der Waals surface area contributed by atoms with E-state index in [0.29, 0.717) is 11.0 Å². The molecule has 3 aromatic carbocycles. The molecule has 1 aliphatic carbocycles. The lowest BCUT2D eigenvalue weighted by Crippen LogP contribution is -2.26. The van der Waals surface area contributed by atoms with E-state index in [1.807, 2.05) is 29.4 Å². The molecule has 4 aromatic rings. The summed E-state index contributed by atoms with van der Waals surface area (Å²) in [6, 6.07) is 29.2. The van der Waals surface area contributed by atoms with Crippen LogP contribution in [0.2, 0.25) is 0 Å². The fourth-order valence-electron chi connectivity index (χ4n) is 4.77. The summed E-state index contributed by atoms with van der Waals surface area (Å²) in [5.74, 6) is 0.297. The van der Waals surface area contributed by atoms with Crippen molar-refractivity contribution in [2.45, 2.75) is 25.3 Å². The molecule has 0 saturated heterocycles. The molecule has 1 fully saturated rings. The predicted molar refractivity (Wildman–Crippen MR) is 134 cm³/mol. The fourth-order valence-corrected chi connectivity index (χ4v) is 5.55. The molecular weight excluding hydrogens is 426 g/mol. The van der Waals surface area contributed by atoms with Gasteiger partial charge in [0, 0.05) is 5.92 Å². The van der Waals surface area contributed by atoms with Crippen LogP contribution in [-0.2, 0) is 0 Å². The first-order valence-electron chi connectivity index (χ1n) is 11.3. The molecule has 0 unspecified atom stereocenters. The first-order chi connectivity index (χ1) is 16.3. The van der Waals surface area contributed by atoms with Crippen molar-refractivity contribution in [1.82, 2.24) is 10.1 Å². The van der Waals surface area contributed by atoms with Gasteiger partial charge >= 0.3 is 0 Å². The van der Waals surface area contributed by atoms with Gasteiger partial charge in [-0.05, 0) is 59.4 Å². The summed E-state index contributed by atoms with van der Waals surface area (Å²) in [5, 5.41) is 16.6. The zero-order chi connectivity index (χ0) is 22.0. The zero-order valence-corrected chi connectivity index (χ0v) is 18.9. The molecule has 2 atom stereocenters. The topological polar surface area (TPSA) is 53.2 Å². The Balaban J connectivity index is 1.38. The summed E-state index contributed by atoms with van der Waals surface area (Å²) in [7, 11) is 0. The molecule has 1 saturated carbocycles. The highest BCUT2D eigenvalue weighted by molar-refractivity contribution is 7.21. The molecule has 0 radical (unpaired) electrons. The quantitative estimate of drug-likeness (QED) is 0.301. The molecule has 0 N–H and O–H groups in total. The molecular formula is C27H23N5S. The number of allylic oxidation sites excluding steroid dienone is 1. The van der Waals surface area contributed by atoms with Crippen molar-refractivity contribution in [2.75, 3.05) is 0 Å². The Kier molecular flexibility index (Phi) is 5.28. The first kappa shape index (κ1) is 20.0.